The molecule has 0 aromatic carbocycles. The molecule has 3 rings (SSSR count). The minimum atomic E-state index is 0.773. The number of nitrogens with zero attached hydrogens (tertiary/aromatic N) is 2. The van der Waals surface area contributed by atoms with Crippen LogP contribution in [-0.4, -0.2) is 9.97 Å². The molecular formula is C11H10N4. The van der Waals surface area contributed by atoms with Crippen molar-refractivity contribution >= 4 is 17.3 Å². The van der Waals surface area contributed by atoms with Gasteiger partial charge in [0.2, 0.25) is 0 Å². The Balaban J connectivity index is 2.10. The average molecular weight is 198 g/mol. The predicted octanol–water partition coefficient (Wildman–Crippen LogP) is 2.15. The van der Waals surface area contributed by atoms with Gasteiger partial charge in [0.05, 0.1) is 5.69 Å². The van der Waals surface area contributed by atoms with Crippen LogP contribution in [0.4, 0.5) is 17.3 Å². The van der Waals surface area contributed by atoms with Crippen molar-refractivity contribution in [2.45, 2.75) is 6.54 Å². The molecule has 0 saturated heterocycles. The lowest BCUT2D eigenvalue weighted by molar-refractivity contribution is 1.14. The summed E-state index contributed by atoms with van der Waals surface area (Å²) in [4.78, 5) is 8.55. The van der Waals surface area contributed by atoms with E-state index < -0.39 is 0 Å². The highest BCUT2D eigenvalue weighted by Gasteiger charge is 2.12. The molecular weight excluding hydrogens is 188 g/mol. The van der Waals surface area contributed by atoms with Crippen molar-refractivity contribution in [3.05, 3.63) is 42.2 Å². The molecule has 3 heterocycles. The molecule has 0 bridgehead atoms. The lowest BCUT2D eigenvalue weighted by atomic mass is 10.2. The Morgan fingerprint density at radius 2 is 1.80 bits per heavy atom. The second kappa shape index (κ2) is 3.24. The highest BCUT2D eigenvalue weighted by Crippen LogP contribution is 2.27. The third kappa shape index (κ3) is 1.40. The molecule has 1 aliphatic heterocycles. The van der Waals surface area contributed by atoms with E-state index in [1.165, 1.54) is 0 Å². The first-order valence-electron chi connectivity index (χ1n) is 4.83. The van der Waals surface area contributed by atoms with E-state index in [9.17, 15) is 0 Å². The first-order chi connectivity index (χ1) is 7.43. The molecule has 0 spiro atoms. The molecule has 74 valence electrons. The Bertz CT molecular complexity index is 450. The van der Waals surface area contributed by atoms with Gasteiger partial charge in [0, 0.05) is 24.5 Å². The predicted molar refractivity (Wildman–Crippen MR) is 59.1 cm³/mol. The number of anilines is 3. The van der Waals surface area contributed by atoms with Gasteiger partial charge in [0.1, 0.15) is 5.82 Å². The number of nitrogens with one attached hydrogen (secondary N) is 2. The standard InChI is InChI=1S/C11H10N4/c1-3-8-7-14-9-4-2-6-13-11(9)15-10(8)12-5-1/h1-6,14H,7H2,(H,12,13,15). The number of rotatable bonds is 0. The fourth-order valence-corrected chi connectivity index (χ4v) is 1.64. The molecule has 2 N–H and O–H groups in total. The van der Waals surface area contributed by atoms with E-state index >= 15 is 0 Å². The summed E-state index contributed by atoms with van der Waals surface area (Å²) in [5.74, 6) is 1.71. The van der Waals surface area contributed by atoms with Gasteiger partial charge in [-0.3, -0.25) is 0 Å². The normalized spacial score (nSPS) is 12.8. The first-order valence-corrected chi connectivity index (χ1v) is 4.83. The number of pyridine rings is 2. The van der Waals surface area contributed by atoms with Gasteiger partial charge in [-0.1, -0.05) is 6.07 Å². The lowest BCUT2D eigenvalue weighted by Gasteiger charge is -2.05. The maximum atomic E-state index is 4.29. The van der Waals surface area contributed by atoms with Crippen LogP contribution in [0.15, 0.2) is 36.7 Å². The van der Waals surface area contributed by atoms with Crippen LogP contribution in [0.2, 0.25) is 0 Å². The second-order valence-electron chi connectivity index (χ2n) is 3.39. The van der Waals surface area contributed by atoms with Gasteiger partial charge in [-0.25, -0.2) is 9.97 Å². The summed E-state index contributed by atoms with van der Waals surface area (Å²) in [6, 6.07) is 7.90. The van der Waals surface area contributed by atoms with Crippen LogP contribution < -0.4 is 10.6 Å². The molecule has 0 amide bonds. The SMILES string of the molecule is c1cnc2c(c1)CNc1cccnc1N2. The molecule has 4 nitrogen and oxygen atoms in total. The highest BCUT2D eigenvalue weighted by atomic mass is 15.1. The zero-order valence-corrected chi connectivity index (χ0v) is 8.07. The minimum absolute atomic E-state index is 0.773. The van der Waals surface area contributed by atoms with Crippen LogP contribution >= 0.6 is 0 Å². The van der Waals surface area contributed by atoms with Crippen LogP contribution in [0, 0.1) is 0 Å². The molecule has 0 aliphatic carbocycles. The quantitative estimate of drug-likeness (QED) is 0.681. The van der Waals surface area contributed by atoms with Gasteiger partial charge in [0.15, 0.2) is 5.82 Å². The van der Waals surface area contributed by atoms with Gasteiger partial charge in [0.25, 0.3) is 0 Å². The van der Waals surface area contributed by atoms with Gasteiger partial charge in [-0.2, -0.15) is 0 Å². The van der Waals surface area contributed by atoms with E-state index in [2.05, 4.69) is 20.6 Å². The Kier molecular flexibility index (Phi) is 1.78. The van der Waals surface area contributed by atoms with Crippen LogP contribution in [0.25, 0.3) is 0 Å². The third-order valence-electron chi connectivity index (χ3n) is 2.41. The smallest absolute Gasteiger partial charge is 0.154 e. The molecule has 0 fully saturated rings. The molecule has 4 heteroatoms. The molecule has 0 radical (unpaired) electrons. The minimum Gasteiger partial charge on any atom is -0.378 e. The van der Waals surface area contributed by atoms with Gasteiger partial charge >= 0.3 is 0 Å². The average Bonchev–Trinajstić information content (AvgIpc) is 2.48. The molecule has 0 atom stereocenters. The fraction of sp³-hybridized carbons (Fsp3) is 0.0909. The summed E-state index contributed by atoms with van der Waals surface area (Å²) < 4.78 is 0. The molecule has 0 unspecified atom stereocenters. The van der Waals surface area contributed by atoms with E-state index in [1.807, 2.05) is 24.3 Å². The first kappa shape index (κ1) is 8.23. The van der Waals surface area contributed by atoms with E-state index in [1.54, 1.807) is 12.4 Å². The Labute approximate surface area is 87.4 Å². The molecule has 0 saturated carbocycles. The van der Waals surface area contributed by atoms with Gasteiger partial charge in [-0.15, -0.1) is 0 Å². The van der Waals surface area contributed by atoms with E-state index in [-0.39, 0.29) is 0 Å². The van der Waals surface area contributed by atoms with Crippen LogP contribution in [0.3, 0.4) is 0 Å². The maximum absolute atomic E-state index is 4.29. The van der Waals surface area contributed by atoms with Crippen molar-refractivity contribution in [3.63, 3.8) is 0 Å². The van der Waals surface area contributed by atoms with Crippen molar-refractivity contribution < 1.29 is 0 Å². The maximum Gasteiger partial charge on any atom is 0.154 e. The van der Waals surface area contributed by atoms with Crippen LogP contribution in [-0.2, 0) is 6.54 Å². The van der Waals surface area contributed by atoms with Gasteiger partial charge < -0.3 is 10.6 Å². The molecule has 1 aliphatic rings. The van der Waals surface area contributed by atoms with E-state index in [0.717, 1.165) is 29.4 Å². The van der Waals surface area contributed by atoms with Crippen molar-refractivity contribution in [1.82, 2.24) is 9.97 Å². The Hall–Kier alpha value is -2.10. The fourth-order valence-electron chi connectivity index (χ4n) is 1.64. The summed E-state index contributed by atoms with van der Waals surface area (Å²) in [6.45, 7) is 0.773. The number of hydrogen-bond donors (Lipinski definition) is 2. The van der Waals surface area contributed by atoms with Crippen molar-refractivity contribution in [1.29, 1.82) is 0 Å². The van der Waals surface area contributed by atoms with Crippen molar-refractivity contribution in [2.75, 3.05) is 10.6 Å². The van der Waals surface area contributed by atoms with Crippen molar-refractivity contribution in [3.8, 4) is 0 Å². The second-order valence-corrected chi connectivity index (χ2v) is 3.39. The number of fused-ring (bicyclic) bond motifs is 2. The number of aromatic nitrogens is 2. The van der Waals surface area contributed by atoms with E-state index in [4.69, 9.17) is 0 Å². The summed E-state index contributed by atoms with van der Waals surface area (Å²) in [6.07, 6.45) is 3.54. The Morgan fingerprint density at radius 1 is 1.00 bits per heavy atom. The Morgan fingerprint density at radius 3 is 2.73 bits per heavy atom. The molecule has 2 aromatic rings. The zero-order chi connectivity index (χ0) is 10.1. The lowest BCUT2D eigenvalue weighted by Crippen LogP contribution is -1.97. The summed E-state index contributed by atoms with van der Waals surface area (Å²) in [5, 5.41) is 6.53. The van der Waals surface area contributed by atoms with Crippen molar-refractivity contribution in [2.24, 2.45) is 0 Å². The van der Waals surface area contributed by atoms with E-state index in [0.29, 0.717) is 0 Å². The van der Waals surface area contributed by atoms with Crippen LogP contribution in [0.5, 0.6) is 0 Å². The summed E-state index contributed by atoms with van der Waals surface area (Å²) in [7, 11) is 0. The zero-order valence-electron chi connectivity index (χ0n) is 8.07. The van der Waals surface area contributed by atoms with Gasteiger partial charge in [-0.05, 0) is 18.2 Å². The highest BCUT2D eigenvalue weighted by molar-refractivity contribution is 5.72. The summed E-state index contributed by atoms with van der Waals surface area (Å²) >= 11 is 0. The van der Waals surface area contributed by atoms with Crippen LogP contribution in [0.1, 0.15) is 5.56 Å². The molecule has 2 aromatic heterocycles. The monoisotopic (exact) mass is 198 g/mol. The summed E-state index contributed by atoms with van der Waals surface area (Å²) in [5.41, 5.74) is 2.16. The topological polar surface area (TPSA) is 49.8 Å². The molecule has 15 heavy (non-hydrogen) atoms. The largest absolute Gasteiger partial charge is 0.378 e. The third-order valence-corrected chi connectivity index (χ3v) is 2.41. The number of hydrogen-bond acceptors (Lipinski definition) is 4.